The second kappa shape index (κ2) is 3.95. The first-order valence-corrected chi connectivity index (χ1v) is 5.05. The summed E-state index contributed by atoms with van der Waals surface area (Å²) in [6.45, 7) is 2.05. The molecule has 1 aromatic carbocycles. The van der Waals surface area contributed by atoms with Gasteiger partial charge >= 0.3 is 0 Å². The minimum atomic E-state index is 0.172. The van der Waals surface area contributed by atoms with E-state index in [2.05, 4.69) is 0 Å². The van der Waals surface area contributed by atoms with Crippen LogP contribution in [0.4, 0.5) is 0 Å². The number of hydrogen-bond acceptors (Lipinski definition) is 3. The average Bonchev–Trinajstić information content (AvgIpc) is 2.54. The molecule has 2 rings (SSSR count). The molecule has 1 aromatic heterocycles. The van der Waals surface area contributed by atoms with Crippen LogP contribution in [0.1, 0.15) is 17.7 Å². The Hall–Kier alpha value is -1.48. The third-order valence-electron chi connectivity index (χ3n) is 2.58. The van der Waals surface area contributed by atoms with E-state index in [1.165, 1.54) is 0 Å². The first-order valence-electron chi connectivity index (χ1n) is 5.05. The number of aliphatic hydroxyl groups is 1. The fourth-order valence-corrected chi connectivity index (χ4v) is 1.84. The zero-order chi connectivity index (χ0) is 10.8. The lowest BCUT2D eigenvalue weighted by molar-refractivity contribution is 0.288. The number of aryl methyl sites for hydroxylation is 2. The van der Waals surface area contributed by atoms with Crippen LogP contribution >= 0.6 is 0 Å². The predicted molar refractivity (Wildman–Crippen MR) is 58.0 cm³/mol. The molecule has 3 heteroatoms. The van der Waals surface area contributed by atoms with Crippen molar-refractivity contribution in [2.75, 3.05) is 6.61 Å². The van der Waals surface area contributed by atoms with Gasteiger partial charge in [-0.25, -0.2) is 0 Å². The van der Waals surface area contributed by atoms with Crippen molar-refractivity contribution in [1.29, 1.82) is 0 Å². The predicted octanol–water partition coefficient (Wildman–Crippen LogP) is 2.37. The lowest BCUT2D eigenvalue weighted by Crippen LogP contribution is -1.89. The molecule has 0 aliphatic rings. The van der Waals surface area contributed by atoms with Crippen molar-refractivity contribution >= 4 is 11.0 Å². The lowest BCUT2D eigenvalue weighted by atomic mass is 10.1. The van der Waals surface area contributed by atoms with E-state index in [0.29, 0.717) is 12.0 Å². The van der Waals surface area contributed by atoms with Gasteiger partial charge in [0.2, 0.25) is 0 Å². The van der Waals surface area contributed by atoms with E-state index < -0.39 is 0 Å². The van der Waals surface area contributed by atoms with Crippen LogP contribution in [0.15, 0.2) is 22.6 Å². The molecule has 80 valence electrons. The van der Waals surface area contributed by atoms with Crippen LogP contribution in [-0.4, -0.2) is 16.8 Å². The molecule has 0 aliphatic heterocycles. The highest BCUT2D eigenvalue weighted by atomic mass is 16.4. The number of aromatic hydroxyl groups is 1. The van der Waals surface area contributed by atoms with Gasteiger partial charge in [0.1, 0.15) is 5.76 Å². The van der Waals surface area contributed by atoms with E-state index in [1.54, 1.807) is 12.1 Å². The average molecular weight is 206 g/mol. The van der Waals surface area contributed by atoms with Crippen molar-refractivity contribution in [2.24, 2.45) is 0 Å². The van der Waals surface area contributed by atoms with Crippen molar-refractivity contribution in [3.8, 4) is 5.75 Å². The first kappa shape index (κ1) is 10.1. The van der Waals surface area contributed by atoms with Crippen LogP contribution in [0.25, 0.3) is 11.0 Å². The molecule has 0 radical (unpaired) electrons. The van der Waals surface area contributed by atoms with Crippen molar-refractivity contribution < 1.29 is 14.6 Å². The molecule has 0 aliphatic carbocycles. The molecule has 0 atom stereocenters. The zero-order valence-electron chi connectivity index (χ0n) is 8.66. The molecule has 3 nitrogen and oxygen atoms in total. The van der Waals surface area contributed by atoms with E-state index in [-0.39, 0.29) is 12.4 Å². The van der Waals surface area contributed by atoms with Crippen LogP contribution in [0.5, 0.6) is 5.75 Å². The van der Waals surface area contributed by atoms with E-state index in [0.717, 1.165) is 23.1 Å². The van der Waals surface area contributed by atoms with Gasteiger partial charge in [0.25, 0.3) is 0 Å². The summed E-state index contributed by atoms with van der Waals surface area (Å²) in [5.74, 6) is 0.991. The van der Waals surface area contributed by atoms with Crippen LogP contribution in [0.3, 0.4) is 0 Å². The summed E-state index contributed by atoms with van der Waals surface area (Å²) in [6, 6.07) is 5.34. The van der Waals surface area contributed by atoms with Crippen molar-refractivity contribution in [3.63, 3.8) is 0 Å². The normalized spacial score (nSPS) is 11.1. The Kier molecular flexibility index (Phi) is 2.64. The monoisotopic (exact) mass is 206 g/mol. The number of para-hydroxylation sites is 1. The summed E-state index contributed by atoms with van der Waals surface area (Å²) in [4.78, 5) is 0. The summed E-state index contributed by atoms with van der Waals surface area (Å²) >= 11 is 0. The summed E-state index contributed by atoms with van der Waals surface area (Å²) in [5.41, 5.74) is 1.62. The molecule has 0 unspecified atom stereocenters. The number of fused-ring (bicyclic) bond motifs is 1. The summed E-state index contributed by atoms with van der Waals surface area (Å²) in [7, 11) is 0. The molecule has 0 saturated heterocycles. The van der Waals surface area contributed by atoms with Gasteiger partial charge in [-0.1, -0.05) is 12.1 Å². The Labute approximate surface area is 88.0 Å². The largest absolute Gasteiger partial charge is 0.504 e. The SMILES string of the molecule is Cc1oc2c(O)cccc2c1CCCO. The first-order chi connectivity index (χ1) is 7.24. The Bertz CT molecular complexity index is 471. The number of phenols is 1. The highest BCUT2D eigenvalue weighted by Gasteiger charge is 2.12. The standard InChI is InChI=1S/C12H14O3/c1-8-9(5-3-7-13)10-4-2-6-11(14)12(10)15-8/h2,4,6,13-14H,3,5,7H2,1H3. The number of hydrogen-bond donors (Lipinski definition) is 2. The quantitative estimate of drug-likeness (QED) is 0.810. The van der Waals surface area contributed by atoms with Gasteiger partial charge < -0.3 is 14.6 Å². The van der Waals surface area contributed by atoms with E-state index >= 15 is 0 Å². The lowest BCUT2D eigenvalue weighted by Gasteiger charge is -1.97. The Morgan fingerprint density at radius 1 is 1.33 bits per heavy atom. The van der Waals surface area contributed by atoms with Gasteiger partial charge in [0.15, 0.2) is 11.3 Å². The third-order valence-corrected chi connectivity index (χ3v) is 2.58. The fourth-order valence-electron chi connectivity index (χ4n) is 1.84. The van der Waals surface area contributed by atoms with E-state index in [9.17, 15) is 5.11 Å². The smallest absolute Gasteiger partial charge is 0.176 e. The van der Waals surface area contributed by atoms with Crippen LogP contribution in [0, 0.1) is 6.92 Å². The second-order valence-electron chi connectivity index (χ2n) is 3.62. The van der Waals surface area contributed by atoms with E-state index in [4.69, 9.17) is 9.52 Å². The van der Waals surface area contributed by atoms with Gasteiger partial charge in [0.05, 0.1) is 0 Å². The fraction of sp³-hybridized carbons (Fsp3) is 0.333. The molecule has 0 fully saturated rings. The molecule has 0 bridgehead atoms. The van der Waals surface area contributed by atoms with Crippen molar-refractivity contribution in [1.82, 2.24) is 0 Å². The Balaban J connectivity index is 2.53. The molecule has 0 spiro atoms. The molecule has 1 heterocycles. The number of furan rings is 1. The molecule has 0 amide bonds. The molecule has 2 N–H and O–H groups in total. The Morgan fingerprint density at radius 2 is 2.13 bits per heavy atom. The summed E-state index contributed by atoms with van der Waals surface area (Å²) in [5, 5.41) is 19.3. The highest BCUT2D eigenvalue weighted by Crippen LogP contribution is 2.32. The maximum atomic E-state index is 9.59. The zero-order valence-corrected chi connectivity index (χ0v) is 8.66. The van der Waals surface area contributed by atoms with Crippen molar-refractivity contribution in [2.45, 2.75) is 19.8 Å². The number of aliphatic hydroxyl groups excluding tert-OH is 1. The molecule has 15 heavy (non-hydrogen) atoms. The molecule has 2 aromatic rings. The van der Waals surface area contributed by atoms with Crippen LogP contribution in [-0.2, 0) is 6.42 Å². The van der Waals surface area contributed by atoms with Gasteiger partial charge in [-0.3, -0.25) is 0 Å². The minimum Gasteiger partial charge on any atom is -0.504 e. The van der Waals surface area contributed by atoms with Gasteiger partial charge in [0, 0.05) is 17.6 Å². The second-order valence-corrected chi connectivity index (χ2v) is 3.62. The topological polar surface area (TPSA) is 53.6 Å². The third kappa shape index (κ3) is 1.70. The summed E-state index contributed by atoms with van der Waals surface area (Å²) < 4.78 is 5.50. The Morgan fingerprint density at radius 3 is 2.87 bits per heavy atom. The van der Waals surface area contributed by atoms with Crippen LogP contribution < -0.4 is 0 Å². The molecular weight excluding hydrogens is 192 g/mol. The van der Waals surface area contributed by atoms with Gasteiger partial charge in [-0.05, 0) is 25.8 Å². The van der Waals surface area contributed by atoms with Crippen molar-refractivity contribution in [3.05, 3.63) is 29.5 Å². The number of phenolic OH excluding ortho intramolecular Hbond substituents is 1. The van der Waals surface area contributed by atoms with Gasteiger partial charge in [-0.15, -0.1) is 0 Å². The summed E-state index contributed by atoms with van der Waals surface area (Å²) in [6.07, 6.45) is 1.49. The molecule has 0 saturated carbocycles. The maximum Gasteiger partial charge on any atom is 0.176 e. The number of rotatable bonds is 3. The van der Waals surface area contributed by atoms with Gasteiger partial charge in [-0.2, -0.15) is 0 Å². The molecular formula is C12H14O3. The highest BCUT2D eigenvalue weighted by molar-refractivity contribution is 5.86. The minimum absolute atomic E-state index is 0.172. The maximum absolute atomic E-state index is 9.59. The van der Waals surface area contributed by atoms with Crippen LogP contribution in [0.2, 0.25) is 0 Å². The van der Waals surface area contributed by atoms with E-state index in [1.807, 2.05) is 13.0 Å². The number of benzene rings is 1.